The van der Waals surface area contributed by atoms with E-state index in [2.05, 4.69) is 16.0 Å². The van der Waals surface area contributed by atoms with Gasteiger partial charge in [-0.2, -0.15) is 0 Å². The number of hydrogen-bond donors (Lipinski definition) is 3. The molecule has 1 fully saturated rings. The highest BCUT2D eigenvalue weighted by Gasteiger charge is 2.26. The van der Waals surface area contributed by atoms with E-state index in [1.54, 1.807) is 48.5 Å². The number of benzene rings is 3. The summed E-state index contributed by atoms with van der Waals surface area (Å²) in [4.78, 5) is 39.2. The minimum atomic E-state index is -0.732. The predicted octanol–water partition coefficient (Wildman–Crippen LogP) is 4.73. The van der Waals surface area contributed by atoms with Crippen molar-refractivity contribution in [2.75, 3.05) is 5.32 Å². The maximum absolute atomic E-state index is 13.3. The summed E-state index contributed by atoms with van der Waals surface area (Å²) < 4.78 is 0. The number of anilines is 1. The van der Waals surface area contributed by atoms with Crippen molar-refractivity contribution in [3.05, 3.63) is 102 Å². The molecule has 1 atom stereocenters. The van der Waals surface area contributed by atoms with Crippen LogP contribution in [0.2, 0.25) is 0 Å². The van der Waals surface area contributed by atoms with E-state index in [-0.39, 0.29) is 17.9 Å². The Morgan fingerprint density at radius 2 is 1.37 bits per heavy atom. The lowest BCUT2D eigenvalue weighted by Gasteiger charge is -2.26. The van der Waals surface area contributed by atoms with Crippen molar-refractivity contribution in [1.29, 1.82) is 0 Å². The van der Waals surface area contributed by atoms with Crippen molar-refractivity contribution >= 4 is 23.4 Å². The molecular formula is C29H31N3O3. The fourth-order valence-electron chi connectivity index (χ4n) is 4.42. The van der Waals surface area contributed by atoms with E-state index in [0.717, 1.165) is 31.2 Å². The summed E-state index contributed by atoms with van der Waals surface area (Å²) in [7, 11) is 0. The van der Waals surface area contributed by atoms with E-state index >= 15 is 0 Å². The zero-order chi connectivity index (χ0) is 24.5. The summed E-state index contributed by atoms with van der Waals surface area (Å²) in [6.07, 6.45) is 5.72. The van der Waals surface area contributed by atoms with Gasteiger partial charge in [-0.1, -0.05) is 79.9 Å². The molecule has 0 radical (unpaired) electrons. The smallest absolute Gasteiger partial charge is 0.255 e. The van der Waals surface area contributed by atoms with Gasteiger partial charge in [-0.05, 0) is 42.7 Å². The first-order valence-electron chi connectivity index (χ1n) is 12.2. The first-order valence-corrected chi connectivity index (χ1v) is 12.2. The van der Waals surface area contributed by atoms with Crippen LogP contribution in [0.25, 0.3) is 0 Å². The summed E-state index contributed by atoms with van der Waals surface area (Å²) in [5, 5.41) is 8.89. The molecule has 1 aliphatic carbocycles. The van der Waals surface area contributed by atoms with E-state index in [0.29, 0.717) is 23.2 Å². The maximum atomic E-state index is 13.3. The Balaban J connectivity index is 1.51. The molecule has 3 amide bonds. The van der Waals surface area contributed by atoms with Gasteiger partial charge in [0.05, 0.1) is 11.3 Å². The standard InChI is InChI=1S/C29H31N3O3/c33-27(22-14-6-2-7-15-22)31-25-19-11-10-18-24(25)28(34)32-26(20-21-12-4-1-5-13-21)29(35)30-23-16-8-3-9-17-23/h1-2,4-7,10-15,18-19,23,26H,3,8-9,16-17,20H2,(H,30,35)(H,31,33)(H,32,34)/t26-/m1/s1. The van der Waals surface area contributed by atoms with Crippen LogP contribution in [0.1, 0.15) is 58.4 Å². The van der Waals surface area contributed by atoms with Crippen molar-refractivity contribution < 1.29 is 14.4 Å². The molecule has 180 valence electrons. The SMILES string of the molecule is O=C(Nc1ccccc1C(=O)N[C@H](Cc1ccccc1)C(=O)NC1CCCCC1)c1ccccc1. The third-order valence-electron chi connectivity index (χ3n) is 6.31. The second-order valence-corrected chi connectivity index (χ2v) is 8.93. The number of carbonyl (C=O) groups excluding carboxylic acids is 3. The Kier molecular flexibility index (Phi) is 8.28. The molecule has 0 heterocycles. The molecule has 1 aliphatic rings. The van der Waals surface area contributed by atoms with E-state index < -0.39 is 11.9 Å². The molecule has 0 spiro atoms. The lowest BCUT2D eigenvalue weighted by atomic mass is 9.95. The number of nitrogens with one attached hydrogen (secondary N) is 3. The molecule has 0 saturated heterocycles. The Morgan fingerprint density at radius 3 is 2.09 bits per heavy atom. The number of amides is 3. The Bertz CT molecular complexity index is 1140. The largest absolute Gasteiger partial charge is 0.352 e. The minimum Gasteiger partial charge on any atom is -0.352 e. The third-order valence-corrected chi connectivity index (χ3v) is 6.31. The van der Waals surface area contributed by atoms with Gasteiger partial charge in [0.25, 0.3) is 11.8 Å². The lowest BCUT2D eigenvalue weighted by Crippen LogP contribution is -2.51. The highest BCUT2D eigenvalue weighted by Crippen LogP contribution is 2.19. The zero-order valence-corrected chi connectivity index (χ0v) is 19.7. The lowest BCUT2D eigenvalue weighted by molar-refractivity contribution is -0.123. The van der Waals surface area contributed by atoms with Gasteiger partial charge in [0.15, 0.2) is 0 Å². The van der Waals surface area contributed by atoms with Crippen LogP contribution in [-0.2, 0) is 11.2 Å². The molecule has 3 aromatic rings. The van der Waals surface area contributed by atoms with Crippen LogP contribution in [0, 0.1) is 0 Å². The van der Waals surface area contributed by atoms with Gasteiger partial charge in [0.2, 0.25) is 5.91 Å². The van der Waals surface area contributed by atoms with Crippen LogP contribution < -0.4 is 16.0 Å². The van der Waals surface area contributed by atoms with Gasteiger partial charge in [0, 0.05) is 18.0 Å². The zero-order valence-electron chi connectivity index (χ0n) is 19.7. The quantitative estimate of drug-likeness (QED) is 0.446. The number of para-hydroxylation sites is 1. The van der Waals surface area contributed by atoms with E-state index in [4.69, 9.17) is 0 Å². The van der Waals surface area contributed by atoms with Gasteiger partial charge < -0.3 is 16.0 Å². The minimum absolute atomic E-state index is 0.142. The summed E-state index contributed by atoms with van der Waals surface area (Å²) in [6, 6.07) is 24.7. The molecule has 3 N–H and O–H groups in total. The summed E-state index contributed by atoms with van der Waals surface area (Å²) >= 11 is 0. The van der Waals surface area contributed by atoms with Crippen molar-refractivity contribution in [2.45, 2.75) is 50.6 Å². The van der Waals surface area contributed by atoms with Crippen molar-refractivity contribution in [1.82, 2.24) is 10.6 Å². The van der Waals surface area contributed by atoms with Crippen LogP contribution in [0.15, 0.2) is 84.9 Å². The molecule has 0 bridgehead atoms. The summed E-state index contributed by atoms with van der Waals surface area (Å²) in [5.41, 5.74) is 2.16. The Hall–Kier alpha value is -3.93. The van der Waals surface area contributed by atoms with Crippen LogP contribution in [0.3, 0.4) is 0 Å². The fourth-order valence-corrected chi connectivity index (χ4v) is 4.42. The van der Waals surface area contributed by atoms with Crippen LogP contribution in [0.5, 0.6) is 0 Å². The predicted molar refractivity (Wildman–Crippen MR) is 137 cm³/mol. The fraction of sp³-hybridized carbons (Fsp3) is 0.276. The summed E-state index contributed by atoms with van der Waals surface area (Å²) in [6.45, 7) is 0. The average Bonchev–Trinajstić information content (AvgIpc) is 2.90. The van der Waals surface area contributed by atoms with Crippen LogP contribution in [-0.4, -0.2) is 29.8 Å². The van der Waals surface area contributed by atoms with Gasteiger partial charge in [-0.15, -0.1) is 0 Å². The molecule has 0 aromatic heterocycles. The van der Waals surface area contributed by atoms with E-state index in [1.165, 1.54) is 6.42 Å². The number of carbonyl (C=O) groups is 3. The first-order chi connectivity index (χ1) is 17.1. The molecule has 0 aliphatic heterocycles. The Morgan fingerprint density at radius 1 is 0.743 bits per heavy atom. The van der Waals surface area contributed by atoms with Crippen molar-refractivity contribution in [2.24, 2.45) is 0 Å². The van der Waals surface area contributed by atoms with Crippen LogP contribution in [0.4, 0.5) is 5.69 Å². The normalized spacial score (nSPS) is 14.5. The van der Waals surface area contributed by atoms with E-state index in [1.807, 2.05) is 36.4 Å². The average molecular weight is 470 g/mol. The molecule has 0 unspecified atom stereocenters. The molecule has 4 rings (SSSR count). The molecule has 1 saturated carbocycles. The molecular weight excluding hydrogens is 438 g/mol. The third kappa shape index (κ3) is 6.79. The number of rotatable bonds is 8. The summed E-state index contributed by atoms with van der Waals surface area (Å²) in [5.74, 6) is -0.893. The van der Waals surface area contributed by atoms with Crippen LogP contribution >= 0.6 is 0 Å². The molecule has 6 heteroatoms. The second-order valence-electron chi connectivity index (χ2n) is 8.93. The van der Waals surface area contributed by atoms with Gasteiger partial charge in [-0.3, -0.25) is 14.4 Å². The highest BCUT2D eigenvalue weighted by molar-refractivity contribution is 6.09. The first kappa shape index (κ1) is 24.2. The monoisotopic (exact) mass is 469 g/mol. The van der Waals surface area contributed by atoms with Crippen molar-refractivity contribution in [3.8, 4) is 0 Å². The van der Waals surface area contributed by atoms with Gasteiger partial charge >= 0.3 is 0 Å². The second kappa shape index (κ2) is 12.0. The van der Waals surface area contributed by atoms with Gasteiger partial charge in [0.1, 0.15) is 6.04 Å². The maximum Gasteiger partial charge on any atom is 0.255 e. The molecule has 35 heavy (non-hydrogen) atoms. The molecule has 6 nitrogen and oxygen atoms in total. The highest BCUT2D eigenvalue weighted by atomic mass is 16.2. The van der Waals surface area contributed by atoms with Gasteiger partial charge in [-0.25, -0.2) is 0 Å². The topological polar surface area (TPSA) is 87.3 Å². The van der Waals surface area contributed by atoms with E-state index in [9.17, 15) is 14.4 Å². The Labute approximate surface area is 206 Å². The number of hydrogen-bond acceptors (Lipinski definition) is 3. The van der Waals surface area contributed by atoms with Crippen molar-refractivity contribution in [3.63, 3.8) is 0 Å². The molecule has 3 aromatic carbocycles.